The number of amides is 2. The van der Waals surface area contributed by atoms with Gasteiger partial charge in [0.05, 0.1) is 25.0 Å². The molecular weight excluding hydrogens is 320 g/mol. The standard InChI is InChI=1S/C19H22N2O4/c1-12-6-7-15(19(23)21-10-14(3)25-11-13(21)2)9-16(12)20-18(22)17-5-4-8-24-17/h4-9,13-14H,10-11H2,1-3H3,(H,20,22). The molecule has 0 spiro atoms. The fourth-order valence-electron chi connectivity index (χ4n) is 2.83. The van der Waals surface area contributed by atoms with Crippen molar-refractivity contribution in [2.75, 3.05) is 18.5 Å². The molecule has 0 saturated carbocycles. The molecule has 132 valence electrons. The van der Waals surface area contributed by atoms with E-state index in [1.807, 2.05) is 31.7 Å². The van der Waals surface area contributed by atoms with Crippen molar-refractivity contribution in [3.8, 4) is 0 Å². The Morgan fingerprint density at radius 2 is 2.04 bits per heavy atom. The predicted octanol–water partition coefficient (Wildman–Crippen LogP) is 3.09. The number of benzene rings is 1. The summed E-state index contributed by atoms with van der Waals surface area (Å²) in [7, 11) is 0. The molecule has 2 aromatic rings. The van der Waals surface area contributed by atoms with Crippen molar-refractivity contribution in [2.45, 2.75) is 32.9 Å². The second-order valence-electron chi connectivity index (χ2n) is 6.41. The first kappa shape index (κ1) is 17.2. The first-order valence-electron chi connectivity index (χ1n) is 8.34. The third-order valence-corrected chi connectivity index (χ3v) is 4.35. The largest absolute Gasteiger partial charge is 0.459 e. The number of morpholine rings is 1. The molecule has 0 radical (unpaired) electrons. The van der Waals surface area contributed by atoms with Crippen LogP contribution in [0.15, 0.2) is 41.0 Å². The first-order valence-corrected chi connectivity index (χ1v) is 8.34. The third kappa shape index (κ3) is 3.74. The minimum absolute atomic E-state index is 0.0173. The maximum atomic E-state index is 12.9. The van der Waals surface area contributed by atoms with Crippen LogP contribution in [0.5, 0.6) is 0 Å². The lowest BCUT2D eigenvalue weighted by molar-refractivity contribution is -0.0387. The van der Waals surface area contributed by atoms with E-state index in [0.29, 0.717) is 24.4 Å². The Morgan fingerprint density at radius 3 is 2.76 bits per heavy atom. The third-order valence-electron chi connectivity index (χ3n) is 4.35. The van der Waals surface area contributed by atoms with Crippen LogP contribution in [0.3, 0.4) is 0 Å². The number of anilines is 1. The Morgan fingerprint density at radius 1 is 1.24 bits per heavy atom. The van der Waals surface area contributed by atoms with Crippen LogP contribution in [-0.2, 0) is 4.74 Å². The highest BCUT2D eigenvalue weighted by Crippen LogP contribution is 2.21. The Hall–Kier alpha value is -2.60. The van der Waals surface area contributed by atoms with E-state index in [4.69, 9.17) is 9.15 Å². The van der Waals surface area contributed by atoms with Crippen molar-refractivity contribution >= 4 is 17.5 Å². The minimum atomic E-state index is -0.342. The van der Waals surface area contributed by atoms with E-state index in [-0.39, 0.29) is 29.7 Å². The van der Waals surface area contributed by atoms with Crippen LogP contribution in [-0.4, -0.2) is 42.0 Å². The predicted molar refractivity (Wildman–Crippen MR) is 93.8 cm³/mol. The number of nitrogens with one attached hydrogen (secondary N) is 1. The van der Waals surface area contributed by atoms with Crippen LogP contribution in [0.2, 0.25) is 0 Å². The average molecular weight is 342 g/mol. The zero-order valence-electron chi connectivity index (χ0n) is 14.6. The normalized spacial score (nSPS) is 20.4. The molecule has 1 aliphatic heterocycles. The zero-order chi connectivity index (χ0) is 18.0. The maximum Gasteiger partial charge on any atom is 0.291 e. The lowest BCUT2D eigenvalue weighted by atomic mass is 10.1. The summed E-state index contributed by atoms with van der Waals surface area (Å²) in [6.07, 6.45) is 1.46. The molecule has 1 saturated heterocycles. The Kier molecular flexibility index (Phi) is 4.90. The topological polar surface area (TPSA) is 71.8 Å². The van der Waals surface area contributed by atoms with Gasteiger partial charge >= 0.3 is 0 Å². The number of aryl methyl sites for hydroxylation is 1. The summed E-state index contributed by atoms with van der Waals surface area (Å²) in [5, 5.41) is 2.80. The van der Waals surface area contributed by atoms with Crippen LogP contribution in [0, 0.1) is 6.92 Å². The molecule has 2 unspecified atom stereocenters. The van der Waals surface area contributed by atoms with Gasteiger partial charge in [0.25, 0.3) is 11.8 Å². The second kappa shape index (κ2) is 7.11. The second-order valence-corrected chi connectivity index (χ2v) is 6.41. The number of rotatable bonds is 3. The van der Waals surface area contributed by atoms with Gasteiger partial charge < -0.3 is 19.4 Å². The van der Waals surface area contributed by atoms with Gasteiger partial charge in [-0.3, -0.25) is 9.59 Å². The number of hydrogen-bond acceptors (Lipinski definition) is 4. The molecule has 25 heavy (non-hydrogen) atoms. The van der Waals surface area contributed by atoms with Gasteiger partial charge in [0.15, 0.2) is 5.76 Å². The van der Waals surface area contributed by atoms with Crippen molar-refractivity contribution < 1.29 is 18.7 Å². The monoisotopic (exact) mass is 342 g/mol. The minimum Gasteiger partial charge on any atom is -0.459 e. The summed E-state index contributed by atoms with van der Waals surface area (Å²) in [5.41, 5.74) is 2.02. The number of ether oxygens (including phenoxy) is 1. The summed E-state index contributed by atoms with van der Waals surface area (Å²) >= 11 is 0. The van der Waals surface area contributed by atoms with Gasteiger partial charge in [-0.1, -0.05) is 6.07 Å². The molecule has 3 rings (SSSR count). The highest BCUT2D eigenvalue weighted by Gasteiger charge is 2.28. The van der Waals surface area contributed by atoms with E-state index < -0.39 is 0 Å². The average Bonchev–Trinajstić information content (AvgIpc) is 3.13. The van der Waals surface area contributed by atoms with E-state index in [1.54, 1.807) is 24.3 Å². The van der Waals surface area contributed by atoms with Crippen molar-refractivity contribution in [3.05, 3.63) is 53.5 Å². The van der Waals surface area contributed by atoms with Crippen molar-refractivity contribution in [1.82, 2.24) is 4.90 Å². The Balaban J connectivity index is 1.81. The van der Waals surface area contributed by atoms with Gasteiger partial charge in [-0.2, -0.15) is 0 Å². The van der Waals surface area contributed by atoms with E-state index in [1.165, 1.54) is 6.26 Å². The molecule has 1 aliphatic rings. The highest BCUT2D eigenvalue weighted by molar-refractivity contribution is 6.04. The van der Waals surface area contributed by atoms with Crippen molar-refractivity contribution in [1.29, 1.82) is 0 Å². The molecule has 1 fully saturated rings. The van der Waals surface area contributed by atoms with Crippen molar-refractivity contribution in [3.63, 3.8) is 0 Å². The van der Waals surface area contributed by atoms with E-state index in [9.17, 15) is 9.59 Å². The number of carbonyl (C=O) groups excluding carboxylic acids is 2. The van der Waals surface area contributed by atoms with Gasteiger partial charge in [-0.05, 0) is 50.6 Å². The lowest BCUT2D eigenvalue weighted by Crippen LogP contribution is -2.50. The van der Waals surface area contributed by atoms with Gasteiger partial charge in [-0.15, -0.1) is 0 Å². The molecule has 1 N–H and O–H groups in total. The van der Waals surface area contributed by atoms with Crippen LogP contribution in [0.4, 0.5) is 5.69 Å². The summed E-state index contributed by atoms with van der Waals surface area (Å²) in [4.78, 5) is 26.9. The molecule has 1 aromatic heterocycles. The smallest absolute Gasteiger partial charge is 0.291 e. The number of hydrogen-bond donors (Lipinski definition) is 1. The van der Waals surface area contributed by atoms with Gasteiger partial charge in [0, 0.05) is 17.8 Å². The van der Waals surface area contributed by atoms with E-state index >= 15 is 0 Å². The Bertz CT molecular complexity index is 770. The Labute approximate surface area is 146 Å². The van der Waals surface area contributed by atoms with Crippen LogP contribution in [0.25, 0.3) is 0 Å². The van der Waals surface area contributed by atoms with Crippen LogP contribution >= 0.6 is 0 Å². The van der Waals surface area contributed by atoms with Crippen LogP contribution in [0.1, 0.15) is 40.3 Å². The van der Waals surface area contributed by atoms with Crippen molar-refractivity contribution in [2.24, 2.45) is 0 Å². The summed E-state index contributed by atoms with van der Waals surface area (Å²) in [6.45, 7) is 6.89. The number of carbonyl (C=O) groups is 2. The molecule has 2 amide bonds. The molecule has 2 heterocycles. The van der Waals surface area contributed by atoms with Gasteiger partial charge in [0.2, 0.25) is 0 Å². The molecular formula is C19H22N2O4. The molecule has 0 aliphatic carbocycles. The molecule has 6 heteroatoms. The highest BCUT2D eigenvalue weighted by atomic mass is 16.5. The maximum absolute atomic E-state index is 12.9. The SMILES string of the molecule is Cc1ccc(C(=O)N2CC(C)OCC2C)cc1NC(=O)c1ccco1. The fourth-order valence-corrected chi connectivity index (χ4v) is 2.83. The van der Waals surface area contributed by atoms with Gasteiger partial charge in [0.1, 0.15) is 0 Å². The number of furan rings is 1. The molecule has 6 nitrogen and oxygen atoms in total. The van der Waals surface area contributed by atoms with Crippen LogP contribution < -0.4 is 5.32 Å². The molecule has 2 atom stereocenters. The van der Waals surface area contributed by atoms with E-state index in [0.717, 1.165) is 5.56 Å². The molecule has 1 aromatic carbocycles. The van der Waals surface area contributed by atoms with Gasteiger partial charge in [-0.25, -0.2) is 0 Å². The van der Waals surface area contributed by atoms with E-state index in [2.05, 4.69) is 5.32 Å². The first-order chi connectivity index (χ1) is 12.0. The summed E-state index contributed by atoms with van der Waals surface area (Å²) < 4.78 is 10.7. The lowest BCUT2D eigenvalue weighted by Gasteiger charge is -2.37. The summed E-state index contributed by atoms with van der Waals surface area (Å²) in [6, 6.07) is 8.60. The quantitative estimate of drug-likeness (QED) is 0.930. The summed E-state index contributed by atoms with van der Waals surface area (Å²) in [5.74, 6) is -0.172. The fraction of sp³-hybridized carbons (Fsp3) is 0.368. The number of nitrogens with zero attached hydrogens (tertiary/aromatic N) is 1. The molecule has 0 bridgehead atoms. The zero-order valence-corrected chi connectivity index (χ0v) is 14.6.